The van der Waals surface area contributed by atoms with Crippen molar-refractivity contribution in [2.45, 2.75) is 84.0 Å². The fourth-order valence-corrected chi connectivity index (χ4v) is 3.82. The maximum atomic E-state index is 12.2. The van der Waals surface area contributed by atoms with Crippen molar-refractivity contribution in [3.63, 3.8) is 0 Å². The number of hydrazine groups is 1. The first kappa shape index (κ1) is 27.7. The lowest BCUT2D eigenvalue weighted by atomic mass is 10.1. The van der Waals surface area contributed by atoms with Crippen LogP contribution < -0.4 is 15.6 Å². The van der Waals surface area contributed by atoms with Gasteiger partial charge in [-0.05, 0) is 55.0 Å². The molecule has 0 aromatic heterocycles. The van der Waals surface area contributed by atoms with E-state index in [-0.39, 0.29) is 0 Å². The quantitative estimate of drug-likeness (QED) is 0.191. The molecule has 2 N–H and O–H groups in total. The van der Waals surface area contributed by atoms with Gasteiger partial charge >= 0.3 is 0 Å². The van der Waals surface area contributed by atoms with Crippen LogP contribution in [0.15, 0.2) is 48.5 Å². The van der Waals surface area contributed by atoms with Crippen molar-refractivity contribution in [1.29, 1.82) is 0 Å². The van der Waals surface area contributed by atoms with E-state index in [1.54, 1.807) is 48.5 Å². The Morgan fingerprint density at radius 3 is 1.53 bits per heavy atom. The molecule has 0 spiro atoms. The highest BCUT2D eigenvalue weighted by atomic mass is 35.5. The number of ether oxygens (including phenoxy) is 1. The highest BCUT2D eigenvalue weighted by Crippen LogP contribution is 2.15. The molecule has 34 heavy (non-hydrogen) atoms. The van der Waals surface area contributed by atoms with Gasteiger partial charge in [0.05, 0.1) is 6.61 Å². The van der Waals surface area contributed by atoms with Gasteiger partial charge in [0.2, 0.25) is 0 Å². The van der Waals surface area contributed by atoms with Crippen LogP contribution in [-0.4, -0.2) is 18.4 Å². The third-order valence-corrected chi connectivity index (χ3v) is 6.03. The molecule has 0 aliphatic rings. The van der Waals surface area contributed by atoms with E-state index in [0.717, 1.165) is 12.2 Å². The Kier molecular flexibility index (Phi) is 13.8. The summed E-state index contributed by atoms with van der Waals surface area (Å²) >= 11 is 5.82. The number of benzene rings is 2. The molecule has 0 atom stereocenters. The summed E-state index contributed by atoms with van der Waals surface area (Å²) in [6, 6.07) is 13.3. The van der Waals surface area contributed by atoms with Gasteiger partial charge in [-0.2, -0.15) is 0 Å². The molecular formula is C28H39ClN2O3. The van der Waals surface area contributed by atoms with E-state index >= 15 is 0 Å². The van der Waals surface area contributed by atoms with Gasteiger partial charge < -0.3 is 4.74 Å². The van der Waals surface area contributed by atoms with Crippen molar-refractivity contribution in [2.75, 3.05) is 6.61 Å². The molecule has 0 aliphatic heterocycles. The largest absolute Gasteiger partial charge is 0.494 e. The van der Waals surface area contributed by atoms with Crippen molar-refractivity contribution in [3.05, 3.63) is 64.7 Å². The van der Waals surface area contributed by atoms with E-state index in [9.17, 15) is 9.59 Å². The molecule has 0 saturated heterocycles. The van der Waals surface area contributed by atoms with Crippen LogP contribution in [-0.2, 0) is 0 Å². The summed E-state index contributed by atoms with van der Waals surface area (Å²) in [5.41, 5.74) is 5.66. The predicted octanol–water partition coefficient (Wildman–Crippen LogP) is 7.49. The van der Waals surface area contributed by atoms with Crippen molar-refractivity contribution < 1.29 is 14.3 Å². The number of nitrogens with one attached hydrogen (secondary N) is 2. The molecule has 2 aromatic carbocycles. The fraction of sp³-hybridized carbons (Fsp3) is 0.500. The smallest absolute Gasteiger partial charge is 0.269 e. The third kappa shape index (κ3) is 11.6. The summed E-state index contributed by atoms with van der Waals surface area (Å²) in [5.74, 6) is -0.0629. The van der Waals surface area contributed by atoms with E-state index in [4.69, 9.17) is 16.3 Å². The van der Waals surface area contributed by atoms with Crippen molar-refractivity contribution in [1.82, 2.24) is 10.9 Å². The third-order valence-electron chi connectivity index (χ3n) is 5.78. The molecule has 0 fully saturated rings. The summed E-state index contributed by atoms with van der Waals surface area (Å²) in [6.07, 6.45) is 15.8. The first-order valence-corrected chi connectivity index (χ1v) is 13.1. The second-order valence-electron chi connectivity index (χ2n) is 8.68. The number of amides is 2. The van der Waals surface area contributed by atoms with Crippen LogP contribution in [0.1, 0.15) is 105 Å². The average Bonchev–Trinajstić information content (AvgIpc) is 2.86. The molecule has 6 heteroatoms. The fourth-order valence-electron chi connectivity index (χ4n) is 3.69. The van der Waals surface area contributed by atoms with Gasteiger partial charge in [-0.25, -0.2) is 0 Å². The minimum absolute atomic E-state index is 0.394. The number of hydrogen-bond donors (Lipinski definition) is 2. The Bertz CT molecular complexity index is 838. The van der Waals surface area contributed by atoms with Gasteiger partial charge in [0.25, 0.3) is 11.8 Å². The topological polar surface area (TPSA) is 67.4 Å². The number of hydrogen-bond acceptors (Lipinski definition) is 3. The zero-order valence-electron chi connectivity index (χ0n) is 20.4. The molecule has 0 heterocycles. The molecule has 186 valence electrons. The number of halogens is 1. The van der Waals surface area contributed by atoms with Crippen LogP contribution in [0.25, 0.3) is 0 Å². The molecule has 0 aliphatic carbocycles. The highest BCUT2D eigenvalue weighted by molar-refractivity contribution is 6.30. The van der Waals surface area contributed by atoms with Gasteiger partial charge in [-0.1, -0.05) is 89.2 Å². The lowest BCUT2D eigenvalue weighted by molar-refractivity contribution is 0.0846. The summed E-state index contributed by atoms with van der Waals surface area (Å²) in [5, 5.41) is 0.543. The van der Waals surface area contributed by atoms with E-state index in [2.05, 4.69) is 17.8 Å². The molecular weight excluding hydrogens is 448 g/mol. The average molecular weight is 487 g/mol. The van der Waals surface area contributed by atoms with Crippen LogP contribution in [0, 0.1) is 0 Å². The molecule has 5 nitrogen and oxygen atoms in total. The maximum absolute atomic E-state index is 12.2. The minimum Gasteiger partial charge on any atom is -0.494 e. The van der Waals surface area contributed by atoms with Gasteiger partial charge in [-0.15, -0.1) is 0 Å². The Morgan fingerprint density at radius 1 is 0.647 bits per heavy atom. The monoisotopic (exact) mass is 486 g/mol. The normalized spacial score (nSPS) is 10.6. The summed E-state index contributed by atoms with van der Waals surface area (Å²) in [7, 11) is 0. The van der Waals surface area contributed by atoms with Crippen LogP contribution in [0.3, 0.4) is 0 Å². The zero-order chi connectivity index (χ0) is 24.4. The molecule has 0 bridgehead atoms. The lowest BCUT2D eigenvalue weighted by Gasteiger charge is -2.09. The summed E-state index contributed by atoms with van der Waals surface area (Å²) in [4.78, 5) is 24.3. The highest BCUT2D eigenvalue weighted by Gasteiger charge is 2.09. The van der Waals surface area contributed by atoms with Crippen molar-refractivity contribution >= 4 is 23.4 Å². The van der Waals surface area contributed by atoms with Crippen LogP contribution in [0.4, 0.5) is 0 Å². The molecule has 2 rings (SSSR count). The maximum Gasteiger partial charge on any atom is 0.269 e. The second-order valence-corrected chi connectivity index (χ2v) is 9.11. The Morgan fingerprint density at radius 2 is 1.06 bits per heavy atom. The molecule has 0 saturated carbocycles. The molecule has 2 aromatic rings. The predicted molar refractivity (Wildman–Crippen MR) is 139 cm³/mol. The first-order valence-electron chi connectivity index (χ1n) is 12.7. The number of unbranched alkanes of at least 4 members (excludes halogenated alkanes) is 11. The molecule has 0 unspecified atom stereocenters. The molecule has 0 radical (unpaired) electrons. The van der Waals surface area contributed by atoms with Gasteiger partial charge in [0, 0.05) is 16.1 Å². The van der Waals surface area contributed by atoms with E-state index in [0.29, 0.717) is 22.8 Å². The Labute approximate surface area is 209 Å². The zero-order valence-corrected chi connectivity index (χ0v) is 21.2. The number of carbonyl (C=O) groups is 2. The summed E-state index contributed by atoms with van der Waals surface area (Å²) < 4.78 is 5.79. The first-order chi connectivity index (χ1) is 16.6. The molecule has 2 amide bonds. The van der Waals surface area contributed by atoms with E-state index < -0.39 is 11.8 Å². The van der Waals surface area contributed by atoms with Crippen molar-refractivity contribution in [3.8, 4) is 5.75 Å². The Hall–Kier alpha value is -2.53. The standard InChI is InChI=1S/C28H39ClN2O3/c1-2-3-4-5-6-7-8-9-10-11-12-13-22-34-26-20-16-24(17-21-26)28(33)31-30-27(32)23-14-18-25(29)19-15-23/h14-21H,2-13,22H2,1H3,(H,30,32)(H,31,33). The lowest BCUT2D eigenvalue weighted by Crippen LogP contribution is -2.41. The van der Waals surface area contributed by atoms with Crippen LogP contribution in [0.2, 0.25) is 5.02 Å². The number of rotatable bonds is 16. The van der Waals surface area contributed by atoms with Gasteiger partial charge in [-0.3, -0.25) is 20.4 Å². The SMILES string of the molecule is CCCCCCCCCCCCCCOc1ccc(C(=O)NNC(=O)c2ccc(Cl)cc2)cc1. The number of carbonyl (C=O) groups excluding carboxylic acids is 2. The van der Waals surface area contributed by atoms with Crippen LogP contribution >= 0.6 is 11.6 Å². The summed E-state index contributed by atoms with van der Waals surface area (Å²) in [6.45, 7) is 2.94. The van der Waals surface area contributed by atoms with Gasteiger partial charge in [0.1, 0.15) is 5.75 Å². The minimum atomic E-state index is -0.410. The van der Waals surface area contributed by atoms with E-state index in [1.807, 2.05) is 0 Å². The van der Waals surface area contributed by atoms with Crippen LogP contribution in [0.5, 0.6) is 5.75 Å². The Balaban J connectivity index is 1.52. The second kappa shape index (κ2) is 17.0. The van der Waals surface area contributed by atoms with Crippen molar-refractivity contribution in [2.24, 2.45) is 0 Å². The van der Waals surface area contributed by atoms with E-state index in [1.165, 1.54) is 70.6 Å². The van der Waals surface area contributed by atoms with Gasteiger partial charge in [0.15, 0.2) is 0 Å².